The van der Waals surface area contributed by atoms with Gasteiger partial charge < -0.3 is 10.6 Å². The Balaban J connectivity index is 1.93. The van der Waals surface area contributed by atoms with Crippen LogP contribution in [0.25, 0.3) is 5.69 Å². The largest absolute Gasteiger partial charge is 0.368 e. The summed E-state index contributed by atoms with van der Waals surface area (Å²) < 4.78 is 1.98. The number of rotatable bonds is 2. The van der Waals surface area contributed by atoms with Gasteiger partial charge in [-0.3, -0.25) is 4.57 Å². The van der Waals surface area contributed by atoms with E-state index in [4.69, 9.17) is 5.73 Å². The standard InChI is InChI=1S/C13H17N7/c1-2-9-12-18-16-7-19(12)10-6-15-13(14)17-11(10)20(9)8-4-3-5-8/h6-9H,2-5H2,1H3,(H2,14,15,17). The number of nitrogens with zero attached hydrogens (tertiary/aromatic N) is 6. The molecule has 1 aliphatic carbocycles. The highest BCUT2D eigenvalue weighted by molar-refractivity contribution is 5.63. The lowest BCUT2D eigenvalue weighted by Crippen LogP contribution is -2.46. The summed E-state index contributed by atoms with van der Waals surface area (Å²) in [6, 6.07) is 0.739. The Bertz CT molecular complexity index is 646. The maximum Gasteiger partial charge on any atom is 0.222 e. The van der Waals surface area contributed by atoms with Crippen LogP contribution in [-0.4, -0.2) is 30.8 Å². The van der Waals surface area contributed by atoms with Crippen LogP contribution in [-0.2, 0) is 0 Å². The highest BCUT2D eigenvalue weighted by Crippen LogP contribution is 2.43. The second-order valence-electron chi connectivity index (χ2n) is 5.41. The molecule has 1 fully saturated rings. The summed E-state index contributed by atoms with van der Waals surface area (Å²) in [4.78, 5) is 11.0. The molecule has 4 rings (SSSR count). The molecular weight excluding hydrogens is 254 g/mol. The van der Waals surface area contributed by atoms with Gasteiger partial charge in [0.1, 0.15) is 12.0 Å². The first-order valence-corrected chi connectivity index (χ1v) is 7.10. The average Bonchev–Trinajstić information content (AvgIpc) is 2.86. The molecule has 2 aromatic rings. The fourth-order valence-electron chi connectivity index (χ4n) is 3.14. The lowest BCUT2D eigenvalue weighted by Gasteiger charge is -2.45. The Kier molecular flexibility index (Phi) is 2.42. The zero-order valence-electron chi connectivity index (χ0n) is 11.4. The highest BCUT2D eigenvalue weighted by atomic mass is 15.4. The minimum absolute atomic E-state index is 0.213. The molecule has 1 saturated carbocycles. The number of fused-ring (bicyclic) bond motifs is 3. The van der Waals surface area contributed by atoms with E-state index in [0.717, 1.165) is 23.8 Å². The molecule has 0 bridgehead atoms. The van der Waals surface area contributed by atoms with Gasteiger partial charge >= 0.3 is 0 Å². The second kappa shape index (κ2) is 4.16. The van der Waals surface area contributed by atoms with E-state index in [9.17, 15) is 0 Å². The summed E-state index contributed by atoms with van der Waals surface area (Å²) in [6.45, 7) is 2.17. The lowest BCUT2D eigenvalue weighted by atomic mass is 9.89. The summed E-state index contributed by atoms with van der Waals surface area (Å²) in [7, 11) is 0. The van der Waals surface area contributed by atoms with Crippen LogP contribution in [0.15, 0.2) is 12.5 Å². The molecule has 7 heteroatoms. The van der Waals surface area contributed by atoms with Gasteiger partial charge in [0.05, 0.1) is 12.2 Å². The van der Waals surface area contributed by atoms with Crippen LogP contribution in [0.2, 0.25) is 0 Å². The summed E-state index contributed by atoms with van der Waals surface area (Å²) in [6.07, 6.45) is 8.15. The van der Waals surface area contributed by atoms with E-state index in [1.807, 2.05) is 4.57 Å². The van der Waals surface area contributed by atoms with E-state index in [1.165, 1.54) is 19.3 Å². The Morgan fingerprint density at radius 2 is 2.25 bits per heavy atom. The number of aromatic nitrogens is 5. The van der Waals surface area contributed by atoms with Gasteiger partial charge in [-0.25, -0.2) is 4.98 Å². The summed E-state index contributed by atoms with van der Waals surface area (Å²) in [5, 5.41) is 8.37. The van der Waals surface area contributed by atoms with E-state index < -0.39 is 0 Å². The fraction of sp³-hybridized carbons (Fsp3) is 0.538. The molecule has 2 N–H and O–H groups in total. The quantitative estimate of drug-likeness (QED) is 0.890. The fourth-order valence-corrected chi connectivity index (χ4v) is 3.14. The molecule has 7 nitrogen and oxygen atoms in total. The predicted octanol–water partition coefficient (Wildman–Crippen LogP) is 1.46. The van der Waals surface area contributed by atoms with E-state index in [-0.39, 0.29) is 6.04 Å². The third-order valence-electron chi connectivity index (χ3n) is 4.34. The van der Waals surface area contributed by atoms with Crippen molar-refractivity contribution in [2.24, 2.45) is 0 Å². The number of hydrogen-bond donors (Lipinski definition) is 1. The molecule has 0 saturated heterocycles. The van der Waals surface area contributed by atoms with Gasteiger partial charge in [-0.05, 0) is 25.7 Å². The van der Waals surface area contributed by atoms with Gasteiger partial charge in [0.25, 0.3) is 0 Å². The van der Waals surface area contributed by atoms with Crippen molar-refractivity contribution in [1.82, 2.24) is 24.7 Å². The van der Waals surface area contributed by atoms with Crippen LogP contribution in [0.1, 0.15) is 44.5 Å². The molecular formula is C13H17N7. The van der Waals surface area contributed by atoms with Crippen molar-refractivity contribution in [3.8, 4) is 5.69 Å². The third kappa shape index (κ3) is 1.46. The topological polar surface area (TPSA) is 85.8 Å². The number of anilines is 2. The Morgan fingerprint density at radius 1 is 1.40 bits per heavy atom. The second-order valence-corrected chi connectivity index (χ2v) is 5.41. The predicted molar refractivity (Wildman–Crippen MR) is 74.5 cm³/mol. The molecule has 3 heterocycles. The lowest BCUT2D eigenvalue weighted by molar-refractivity contribution is 0.342. The van der Waals surface area contributed by atoms with Crippen LogP contribution >= 0.6 is 0 Å². The molecule has 2 aliphatic rings. The molecule has 0 spiro atoms. The van der Waals surface area contributed by atoms with Gasteiger partial charge in [0.2, 0.25) is 5.95 Å². The van der Waals surface area contributed by atoms with E-state index in [1.54, 1.807) is 12.5 Å². The summed E-state index contributed by atoms with van der Waals surface area (Å²) >= 11 is 0. The van der Waals surface area contributed by atoms with Crippen LogP contribution in [0.4, 0.5) is 11.8 Å². The third-order valence-corrected chi connectivity index (χ3v) is 4.34. The average molecular weight is 271 g/mol. The summed E-state index contributed by atoms with van der Waals surface area (Å²) in [5.74, 6) is 2.21. The van der Waals surface area contributed by atoms with Crippen LogP contribution < -0.4 is 10.6 Å². The smallest absolute Gasteiger partial charge is 0.222 e. The molecule has 1 atom stereocenters. The molecule has 2 aromatic heterocycles. The molecule has 20 heavy (non-hydrogen) atoms. The first-order chi connectivity index (χ1) is 9.79. The van der Waals surface area contributed by atoms with Crippen molar-refractivity contribution >= 4 is 11.8 Å². The van der Waals surface area contributed by atoms with E-state index >= 15 is 0 Å². The molecule has 1 aliphatic heterocycles. The Labute approximate surface area is 116 Å². The number of nitrogen functional groups attached to an aromatic ring is 1. The van der Waals surface area contributed by atoms with Crippen molar-refractivity contribution in [2.75, 3.05) is 10.6 Å². The van der Waals surface area contributed by atoms with Crippen molar-refractivity contribution in [1.29, 1.82) is 0 Å². The normalized spacial score (nSPS) is 21.2. The van der Waals surface area contributed by atoms with Crippen LogP contribution in [0, 0.1) is 0 Å². The van der Waals surface area contributed by atoms with Gasteiger partial charge in [0, 0.05) is 6.04 Å². The molecule has 0 amide bonds. The van der Waals surface area contributed by atoms with Crippen molar-refractivity contribution < 1.29 is 0 Å². The van der Waals surface area contributed by atoms with Crippen molar-refractivity contribution in [3.05, 3.63) is 18.3 Å². The molecule has 104 valence electrons. The van der Waals surface area contributed by atoms with Gasteiger partial charge in [-0.15, -0.1) is 10.2 Å². The van der Waals surface area contributed by atoms with Gasteiger partial charge in [0.15, 0.2) is 11.6 Å². The number of nitrogens with two attached hydrogens (primary N) is 1. The first kappa shape index (κ1) is 11.6. The maximum atomic E-state index is 5.80. The first-order valence-electron chi connectivity index (χ1n) is 7.10. The Hall–Kier alpha value is -2.18. The van der Waals surface area contributed by atoms with Crippen molar-refractivity contribution in [2.45, 2.75) is 44.7 Å². The minimum atomic E-state index is 0.213. The Morgan fingerprint density at radius 3 is 2.95 bits per heavy atom. The zero-order chi connectivity index (χ0) is 13.7. The number of hydrogen-bond acceptors (Lipinski definition) is 6. The minimum Gasteiger partial charge on any atom is -0.368 e. The SMILES string of the molecule is CCC1c2nncn2-c2cnc(N)nc2N1C1CCC1. The van der Waals surface area contributed by atoms with Crippen LogP contribution in [0.5, 0.6) is 0 Å². The monoisotopic (exact) mass is 271 g/mol. The van der Waals surface area contributed by atoms with Gasteiger partial charge in [-0.1, -0.05) is 6.92 Å². The maximum absolute atomic E-state index is 5.80. The molecule has 1 unspecified atom stereocenters. The van der Waals surface area contributed by atoms with Crippen LogP contribution in [0.3, 0.4) is 0 Å². The van der Waals surface area contributed by atoms with Crippen molar-refractivity contribution in [3.63, 3.8) is 0 Å². The zero-order valence-corrected chi connectivity index (χ0v) is 11.4. The van der Waals surface area contributed by atoms with Gasteiger partial charge in [-0.2, -0.15) is 4.98 Å². The summed E-state index contributed by atoms with van der Waals surface area (Å²) in [5.41, 5.74) is 6.72. The van der Waals surface area contributed by atoms with E-state index in [2.05, 4.69) is 32.0 Å². The molecule has 0 radical (unpaired) electrons. The highest BCUT2D eigenvalue weighted by Gasteiger charge is 2.39. The van der Waals surface area contributed by atoms with E-state index in [0.29, 0.717) is 12.0 Å². The molecule has 0 aromatic carbocycles.